The van der Waals surface area contributed by atoms with Crippen LogP contribution in [0.4, 0.5) is 0 Å². The molecule has 1 heterocycles. The molecule has 0 aliphatic heterocycles. The molecule has 130 valence electrons. The van der Waals surface area contributed by atoms with Gasteiger partial charge in [-0.1, -0.05) is 32.0 Å². The maximum atomic E-state index is 12.4. The molecule has 0 radical (unpaired) electrons. The number of H-pyrrole nitrogens is 1. The number of oxazole rings is 1. The lowest BCUT2D eigenvalue weighted by molar-refractivity contribution is 0.0897. The quantitative estimate of drug-likeness (QED) is 0.665. The van der Waals surface area contributed by atoms with Gasteiger partial charge in [-0.15, -0.1) is 0 Å². The van der Waals surface area contributed by atoms with Crippen LogP contribution in [0.25, 0.3) is 22.2 Å². The summed E-state index contributed by atoms with van der Waals surface area (Å²) < 4.78 is 5.00. The first-order chi connectivity index (χ1) is 12.0. The zero-order valence-electron chi connectivity index (χ0n) is 14.1. The van der Waals surface area contributed by atoms with Gasteiger partial charge in [0, 0.05) is 5.56 Å². The Balaban J connectivity index is 1.89. The van der Waals surface area contributed by atoms with Gasteiger partial charge in [0.25, 0.3) is 5.91 Å². The Kier molecular flexibility index (Phi) is 4.72. The number of rotatable bonds is 5. The number of aliphatic hydroxyl groups is 1. The van der Waals surface area contributed by atoms with E-state index in [0.717, 1.165) is 11.1 Å². The average molecular weight is 340 g/mol. The fourth-order valence-electron chi connectivity index (χ4n) is 2.65. The van der Waals surface area contributed by atoms with Crippen LogP contribution >= 0.6 is 0 Å². The molecule has 1 aromatic heterocycles. The summed E-state index contributed by atoms with van der Waals surface area (Å²) in [4.78, 5) is 26.3. The van der Waals surface area contributed by atoms with E-state index < -0.39 is 5.76 Å². The minimum atomic E-state index is -0.496. The Bertz CT molecular complexity index is 955. The van der Waals surface area contributed by atoms with Crippen molar-refractivity contribution >= 4 is 17.0 Å². The maximum Gasteiger partial charge on any atom is 0.417 e. The second-order valence-corrected chi connectivity index (χ2v) is 6.31. The standard InChI is InChI=1S/C19H20N2O4/c1-11(2)16(10-22)20-18(23)14-5-3-4-12(8-14)13-6-7-17-15(9-13)21-19(24)25-17/h3-9,11,16,22H,10H2,1-2H3,(H,20,23)(H,21,24). The number of fused-ring (bicyclic) bond motifs is 1. The fourth-order valence-corrected chi connectivity index (χ4v) is 2.65. The number of amides is 1. The molecule has 6 nitrogen and oxygen atoms in total. The van der Waals surface area contributed by atoms with Crippen molar-refractivity contribution in [2.45, 2.75) is 19.9 Å². The van der Waals surface area contributed by atoms with Gasteiger partial charge in [-0.25, -0.2) is 4.79 Å². The molecule has 2 aromatic carbocycles. The van der Waals surface area contributed by atoms with Gasteiger partial charge < -0.3 is 14.8 Å². The predicted molar refractivity (Wildman–Crippen MR) is 95.4 cm³/mol. The number of aliphatic hydroxyl groups excluding tert-OH is 1. The molecule has 1 amide bonds. The van der Waals surface area contributed by atoms with Crippen LogP contribution < -0.4 is 11.1 Å². The zero-order chi connectivity index (χ0) is 18.0. The molecule has 6 heteroatoms. The van der Waals surface area contributed by atoms with Gasteiger partial charge in [-0.3, -0.25) is 9.78 Å². The third-order valence-corrected chi connectivity index (χ3v) is 4.19. The van der Waals surface area contributed by atoms with Crippen LogP contribution in [0.2, 0.25) is 0 Å². The Morgan fingerprint density at radius 2 is 1.96 bits per heavy atom. The van der Waals surface area contributed by atoms with E-state index in [1.807, 2.05) is 32.0 Å². The Labute approximate surface area is 144 Å². The molecule has 1 unspecified atom stereocenters. The van der Waals surface area contributed by atoms with E-state index in [9.17, 15) is 14.7 Å². The highest BCUT2D eigenvalue weighted by molar-refractivity contribution is 5.96. The minimum absolute atomic E-state index is 0.104. The molecule has 0 bridgehead atoms. The van der Waals surface area contributed by atoms with Gasteiger partial charge in [-0.05, 0) is 41.3 Å². The van der Waals surface area contributed by atoms with Gasteiger partial charge in [-0.2, -0.15) is 0 Å². The van der Waals surface area contributed by atoms with Crippen LogP contribution in [0.5, 0.6) is 0 Å². The summed E-state index contributed by atoms with van der Waals surface area (Å²) in [6.07, 6.45) is 0. The van der Waals surface area contributed by atoms with Crippen molar-refractivity contribution in [3.8, 4) is 11.1 Å². The smallest absolute Gasteiger partial charge is 0.408 e. The largest absolute Gasteiger partial charge is 0.417 e. The first-order valence-electron chi connectivity index (χ1n) is 8.13. The van der Waals surface area contributed by atoms with E-state index in [-0.39, 0.29) is 24.5 Å². The molecule has 3 N–H and O–H groups in total. The minimum Gasteiger partial charge on any atom is -0.408 e. The molecule has 0 saturated carbocycles. The predicted octanol–water partition coefficient (Wildman–Crippen LogP) is 2.53. The molecule has 3 rings (SSSR count). The van der Waals surface area contributed by atoms with Crippen molar-refractivity contribution < 1.29 is 14.3 Å². The van der Waals surface area contributed by atoms with E-state index in [1.54, 1.807) is 24.3 Å². The number of benzene rings is 2. The summed E-state index contributed by atoms with van der Waals surface area (Å²) in [5, 5.41) is 12.2. The number of carbonyl (C=O) groups excluding carboxylic acids is 1. The van der Waals surface area contributed by atoms with E-state index in [1.165, 1.54) is 0 Å². The molecule has 0 fully saturated rings. The highest BCUT2D eigenvalue weighted by atomic mass is 16.4. The molecule has 0 aliphatic carbocycles. The lowest BCUT2D eigenvalue weighted by Gasteiger charge is -2.20. The first kappa shape index (κ1) is 17.0. The normalized spacial score (nSPS) is 12.5. The van der Waals surface area contributed by atoms with E-state index in [4.69, 9.17) is 4.42 Å². The van der Waals surface area contributed by atoms with Gasteiger partial charge in [0.05, 0.1) is 18.2 Å². The van der Waals surface area contributed by atoms with E-state index >= 15 is 0 Å². The number of nitrogens with one attached hydrogen (secondary N) is 2. The van der Waals surface area contributed by atoms with Crippen LogP contribution in [0.3, 0.4) is 0 Å². The molecule has 1 atom stereocenters. The Morgan fingerprint density at radius 3 is 2.68 bits per heavy atom. The summed E-state index contributed by atoms with van der Waals surface area (Å²) in [5.74, 6) is -0.589. The summed E-state index contributed by atoms with van der Waals surface area (Å²) in [7, 11) is 0. The van der Waals surface area contributed by atoms with Crippen molar-refractivity contribution in [1.82, 2.24) is 10.3 Å². The van der Waals surface area contributed by atoms with Gasteiger partial charge in [0.2, 0.25) is 0 Å². The third kappa shape index (κ3) is 3.64. The van der Waals surface area contributed by atoms with Crippen LogP contribution in [0.1, 0.15) is 24.2 Å². The molecule has 0 saturated heterocycles. The Hall–Kier alpha value is -2.86. The highest BCUT2D eigenvalue weighted by Crippen LogP contribution is 2.24. The molecular weight excluding hydrogens is 320 g/mol. The SMILES string of the molecule is CC(C)C(CO)NC(=O)c1cccc(-c2ccc3oc(=O)[nH]c3c2)c1. The number of aromatic amines is 1. The lowest BCUT2D eigenvalue weighted by atomic mass is 10.0. The summed E-state index contributed by atoms with van der Waals surface area (Å²) in [6.45, 7) is 3.78. The monoisotopic (exact) mass is 340 g/mol. The number of hydrogen-bond acceptors (Lipinski definition) is 4. The average Bonchev–Trinajstić information content (AvgIpc) is 2.98. The fraction of sp³-hybridized carbons (Fsp3) is 0.263. The summed E-state index contributed by atoms with van der Waals surface area (Å²) >= 11 is 0. The van der Waals surface area contributed by atoms with Gasteiger partial charge >= 0.3 is 5.76 Å². The molecule has 0 spiro atoms. The number of hydrogen-bond donors (Lipinski definition) is 3. The van der Waals surface area contributed by atoms with E-state index in [2.05, 4.69) is 10.3 Å². The van der Waals surface area contributed by atoms with Crippen molar-refractivity contribution in [2.24, 2.45) is 5.92 Å². The second kappa shape index (κ2) is 6.94. The molecule has 25 heavy (non-hydrogen) atoms. The second-order valence-electron chi connectivity index (χ2n) is 6.31. The van der Waals surface area contributed by atoms with Gasteiger partial charge in [0.15, 0.2) is 5.58 Å². The molecule has 0 aliphatic rings. The van der Waals surface area contributed by atoms with Crippen molar-refractivity contribution in [2.75, 3.05) is 6.61 Å². The third-order valence-electron chi connectivity index (χ3n) is 4.19. The van der Waals surface area contributed by atoms with E-state index in [0.29, 0.717) is 16.7 Å². The maximum absolute atomic E-state index is 12.4. The van der Waals surface area contributed by atoms with Crippen LogP contribution in [0, 0.1) is 5.92 Å². The lowest BCUT2D eigenvalue weighted by Crippen LogP contribution is -2.41. The molecular formula is C19H20N2O4. The van der Waals surface area contributed by atoms with Crippen molar-refractivity contribution in [3.05, 3.63) is 58.6 Å². The zero-order valence-corrected chi connectivity index (χ0v) is 14.1. The first-order valence-corrected chi connectivity index (χ1v) is 8.13. The summed E-state index contributed by atoms with van der Waals surface area (Å²) in [5.41, 5.74) is 3.32. The molecule has 3 aromatic rings. The van der Waals surface area contributed by atoms with Crippen LogP contribution in [-0.4, -0.2) is 28.6 Å². The van der Waals surface area contributed by atoms with Crippen LogP contribution in [0.15, 0.2) is 51.7 Å². The van der Waals surface area contributed by atoms with Crippen molar-refractivity contribution in [3.63, 3.8) is 0 Å². The van der Waals surface area contributed by atoms with Gasteiger partial charge in [0.1, 0.15) is 0 Å². The highest BCUT2D eigenvalue weighted by Gasteiger charge is 2.16. The van der Waals surface area contributed by atoms with Crippen molar-refractivity contribution in [1.29, 1.82) is 0 Å². The summed E-state index contributed by atoms with van der Waals surface area (Å²) in [6, 6.07) is 12.3. The number of aromatic nitrogens is 1. The number of carbonyl (C=O) groups is 1. The topological polar surface area (TPSA) is 95.3 Å². The Morgan fingerprint density at radius 1 is 1.20 bits per heavy atom. The van der Waals surface area contributed by atoms with Crippen LogP contribution in [-0.2, 0) is 0 Å².